The van der Waals surface area contributed by atoms with Crippen LogP contribution < -0.4 is 5.32 Å². The molecular weight excluding hydrogens is 324 g/mol. The second kappa shape index (κ2) is 6.44. The average molecular weight is 333 g/mol. The fourth-order valence-electron chi connectivity index (χ4n) is 1.64. The molecule has 20 heavy (non-hydrogen) atoms. The summed E-state index contributed by atoms with van der Waals surface area (Å²) in [6.07, 6.45) is 0. The van der Waals surface area contributed by atoms with Crippen LogP contribution in [0.4, 0.5) is 4.39 Å². The third-order valence-corrected chi connectivity index (χ3v) is 3.58. The van der Waals surface area contributed by atoms with E-state index >= 15 is 0 Å². The lowest BCUT2D eigenvalue weighted by Crippen LogP contribution is -2.23. The Morgan fingerprint density at radius 3 is 2.55 bits per heavy atom. The van der Waals surface area contributed by atoms with Crippen molar-refractivity contribution in [1.82, 2.24) is 5.32 Å². The van der Waals surface area contributed by atoms with Gasteiger partial charge in [0.1, 0.15) is 5.82 Å². The molecule has 0 saturated heterocycles. The van der Waals surface area contributed by atoms with Crippen LogP contribution in [0.25, 0.3) is 0 Å². The molecular formula is C14H9Cl3FNO. The second-order valence-corrected chi connectivity index (χ2v) is 5.26. The van der Waals surface area contributed by atoms with Crippen LogP contribution >= 0.6 is 34.8 Å². The minimum Gasteiger partial charge on any atom is -0.348 e. The summed E-state index contributed by atoms with van der Waals surface area (Å²) in [5.74, 6) is -0.924. The van der Waals surface area contributed by atoms with Gasteiger partial charge in [-0.2, -0.15) is 0 Å². The van der Waals surface area contributed by atoms with Gasteiger partial charge in [0.25, 0.3) is 5.91 Å². The number of nitrogens with one attached hydrogen (secondary N) is 1. The number of rotatable bonds is 3. The highest BCUT2D eigenvalue weighted by molar-refractivity contribution is 6.35. The van der Waals surface area contributed by atoms with Crippen LogP contribution in [0.3, 0.4) is 0 Å². The summed E-state index contributed by atoms with van der Waals surface area (Å²) in [5, 5.41) is 3.47. The summed E-state index contributed by atoms with van der Waals surface area (Å²) in [7, 11) is 0. The van der Waals surface area contributed by atoms with Gasteiger partial charge in [-0.05, 0) is 30.3 Å². The van der Waals surface area contributed by atoms with Crippen LogP contribution in [0.2, 0.25) is 15.1 Å². The number of amides is 1. The van der Waals surface area contributed by atoms with Crippen molar-refractivity contribution in [3.05, 3.63) is 68.4 Å². The van der Waals surface area contributed by atoms with Crippen LogP contribution in [0, 0.1) is 5.82 Å². The molecule has 0 aliphatic heterocycles. The van der Waals surface area contributed by atoms with Gasteiger partial charge in [-0.15, -0.1) is 0 Å². The molecule has 2 rings (SSSR count). The largest absolute Gasteiger partial charge is 0.348 e. The first kappa shape index (κ1) is 15.1. The van der Waals surface area contributed by atoms with E-state index in [1.54, 1.807) is 12.1 Å². The van der Waals surface area contributed by atoms with Gasteiger partial charge in [-0.25, -0.2) is 4.39 Å². The van der Waals surface area contributed by atoms with E-state index in [-0.39, 0.29) is 27.7 Å². The number of carbonyl (C=O) groups excluding carboxylic acids is 1. The van der Waals surface area contributed by atoms with Crippen molar-refractivity contribution < 1.29 is 9.18 Å². The number of benzene rings is 2. The number of hydrogen-bond acceptors (Lipinski definition) is 1. The van der Waals surface area contributed by atoms with Gasteiger partial charge < -0.3 is 5.32 Å². The van der Waals surface area contributed by atoms with E-state index in [1.165, 1.54) is 24.3 Å². The summed E-state index contributed by atoms with van der Waals surface area (Å²) in [5.41, 5.74) is 0.451. The first-order chi connectivity index (χ1) is 9.49. The van der Waals surface area contributed by atoms with Crippen LogP contribution in [-0.4, -0.2) is 5.91 Å². The number of halogens is 4. The molecule has 0 atom stereocenters. The van der Waals surface area contributed by atoms with E-state index in [2.05, 4.69) is 5.32 Å². The first-order valence-corrected chi connectivity index (χ1v) is 6.78. The molecule has 1 N–H and O–H groups in total. The van der Waals surface area contributed by atoms with Crippen molar-refractivity contribution >= 4 is 40.7 Å². The van der Waals surface area contributed by atoms with Crippen LogP contribution in [0.1, 0.15) is 15.9 Å². The smallest absolute Gasteiger partial charge is 0.253 e. The fourth-order valence-corrected chi connectivity index (χ4v) is 2.24. The van der Waals surface area contributed by atoms with Crippen molar-refractivity contribution in [3.63, 3.8) is 0 Å². The highest BCUT2D eigenvalue weighted by Gasteiger charge is 2.13. The molecule has 2 aromatic carbocycles. The zero-order chi connectivity index (χ0) is 14.7. The third kappa shape index (κ3) is 3.42. The van der Waals surface area contributed by atoms with Gasteiger partial charge in [0.2, 0.25) is 0 Å². The van der Waals surface area contributed by atoms with Gasteiger partial charge in [-0.1, -0.05) is 40.9 Å². The molecule has 6 heteroatoms. The topological polar surface area (TPSA) is 29.1 Å². The van der Waals surface area contributed by atoms with Crippen molar-refractivity contribution in [2.75, 3.05) is 0 Å². The first-order valence-electron chi connectivity index (χ1n) is 5.65. The van der Waals surface area contributed by atoms with E-state index in [0.717, 1.165) is 0 Å². The molecule has 0 bridgehead atoms. The monoisotopic (exact) mass is 331 g/mol. The molecule has 0 aromatic heterocycles. The van der Waals surface area contributed by atoms with Crippen LogP contribution in [0.15, 0.2) is 36.4 Å². The lowest BCUT2D eigenvalue weighted by molar-refractivity contribution is 0.0951. The zero-order valence-corrected chi connectivity index (χ0v) is 12.4. The van der Waals surface area contributed by atoms with E-state index in [0.29, 0.717) is 5.02 Å². The normalized spacial score (nSPS) is 10.4. The van der Waals surface area contributed by atoms with Crippen molar-refractivity contribution in [3.8, 4) is 0 Å². The van der Waals surface area contributed by atoms with Crippen LogP contribution in [0.5, 0.6) is 0 Å². The molecule has 0 heterocycles. The molecule has 0 saturated carbocycles. The standard InChI is InChI=1S/C14H9Cl3FNO/c15-8-4-5-12(17)9(6-8)14(20)19-7-10-11(16)2-1-3-13(10)18/h1-6H,7H2,(H,19,20). The molecule has 0 aliphatic carbocycles. The summed E-state index contributed by atoms with van der Waals surface area (Å²) < 4.78 is 13.6. The Morgan fingerprint density at radius 2 is 1.85 bits per heavy atom. The molecule has 0 fully saturated rings. The van der Waals surface area contributed by atoms with Crippen molar-refractivity contribution in [2.45, 2.75) is 6.54 Å². The fraction of sp³-hybridized carbons (Fsp3) is 0.0714. The quantitative estimate of drug-likeness (QED) is 0.866. The minimum absolute atomic E-state index is 0.0345. The molecule has 2 nitrogen and oxygen atoms in total. The lowest BCUT2D eigenvalue weighted by atomic mass is 10.2. The molecule has 0 radical (unpaired) electrons. The number of carbonyl (C=O) groups is 1. The lowest BCUT2D eigenvalue weighted by Gasteiger charge is -2.09. The van der Waals surface area contributed by atoms with Crippen molar-refractivity contribution in [2.24, 2.45) is 0 Å². The van der Waals surface area contributed by atoms with E-state index in [4.69, 9.17) is 34.8 Å². The predicted octanol–water partition coefficient (Wildman–Crippen LogP) is 4.72. The summed E-state index contributed by atoms with van der Waals surface area (Å²) in [4.78, 5) is 12.0. The highest BCUT2D eigenvalue weighted by Crippen LogP contribution is 2.22. The Bertz CT molecular complexity index is 641. The Labute approximate surface area is 130 Å². The zero-order valence-electron chi connectivity index (χ0n) is 10.1. The van der Waals surface area contributed by atoms with E-state index in [9.17, 15) is 9.18 Å². The third-order valence-electron chi connectivity index (χ3n) is 2.66. The maximum atomic E-state index is 13.6. The predicted molar refractivity (Wildman–Crippen MR) is 79.0 cm³/mol. The Kier molecular flexibility index (Phi) is 4.86. The Morgan fingerprint density at radius 1 is 1.10 bits per heavy atom. The molecule has 0 unspecified atom stereocenters. The molecule has 2 aromatic rings. The number of hydrogen-bond donors (Lipinski definition) is 1. The van der Waals surface area contributed by atoms with Gasteiger partial charge in [0, 0.05) is 22.2 Å². The van der Waals surface area contributed by atoms with Gasteiger partial charge in [-0.3, -0.25) is 4.79 Å². The Hall–Kier alpha value is -1.29. The van der Waals surface area contributed by atoms with Gasteiger partial charge in [0.15, 0.2) is 0 Å². The highest BCUT2D eigenvalue weighted by atomic mass is 35.5. The summed E-state index contributed by atoms with van der Waals surface area (Å²) >= 11 is 17.6. The van der Waals surface area contributed by atoms with E-state index < -0.39 is 11.7 Å². The van der Waals surface area contributed by atoms with Crippen molar-refractivity contribution in [1.29, 1.82) is 0 Å². The molecule has 0 spiro atoms. The van der Waals surface area contributed by atoms with E-state index in [1.807, 2.05) is 0 Å². The molecule has 104 valence electrons. The molecule has 0 aliphatic rings. The SMILES string of the molecule is O=C(NCc1c(F)cccc1Cl)c1cc(Cl)ccc1Cl. The maximum Gasteiger partial charge on any atom is 0.253 e. The summed E-state index contributed by atoms with van der Waals surface area (Å²) in [6.45, 7) is -0.0345. The summed E-state index contributed by atoms with van der Waals surface area (Å²) in [6, 6.07) is 8.88. The van der Waals surface area contributed by atoms with Gasteiger partial charge >= 0.3 is 0 Å². The van der Waals surface area contributed by atoms with Gasteiger partial charge in [0.05, 0.1) is 10.6 Å². The Balaban J connectivity index is 2.15. The molecule has 1 amide bonds. The van der Waals surface area contributed by atoms with Crippen LogP contribution in [-0.2, 0) is 6.54 Å². The maximum absolute atomic E-state index is 13.6. The minimum atomic E-state index is -0.477. The average Bonchev–Trinajstić information content (AvgIpc) is 2.40. The second-order valence-electron chi connectivity index (χ2n) is 4.01.